The number of rotatable bonds is 5. The summed E-state index contributed by atoms with van der Waals surface area (Å²) >= 11 is 1.49. The van der Waals surface area contributed by atoms with Crippen molar-refractivity contribution < 1.29 is 23.4 Å². The third-order valence-electron chi connectivity index (χ3n) is 7.55. The summed E-state index contributed by atoms with van der Waals surface area (Å²) in [6.45, 7) is 2.64. The molecule has 1 N–H and O–H groups in total. The third-order valence-corrected chi connectivity index (χ3v) is 8.31. The number of hydrogen-bond acceptors (Lipinski definition) is 8. The molecule has 10 nitrogen and oxygen atoms in total. The number of carboxylic acid groups (broad SMARTS) is 1. The lowest BCUT2D eigenvalue weighted by molar-refractivity contribution is -0.578. The summed E-state index contributed by atoms with van der Waals surface area (Å²) in [5.74, 6) is -2.66. The van der Waals surface area contributed by atoms with Gasteiger partial charge >= 0.3 is 5.97 Å². The molecule has 0 spiro atoms. The Hall–Kier alpha value is -5.43. The van der Waals surface area contributed by atoms with E-state index in [9.17, 15) is 23.6 Å². The maximum Gasteiger partial charge on any atom is 0.341 e. The standard InChI is InChI=1S/C18H16F2N4O.C14H10N2O3S/c19-15-12-13-2-1-7-24(25)17(13)16(20)18(15)23-10-8-22(9-11-23)14-3-5-21-6-4-14;17-13-9-3-1-2-4-11(9)16(7-10(13)14(18)19)8-12-15-5-6-20-12/h1-7,12H,8-11H2;1-7H,8H2,(H,18,19). The molecule has 0 saturated carbocycles. The lowest BCUT2D eigenvalue weighted by Gasteiger charge is -2.37. The number of thiazole rings is 1. The predicted octanol–water partition coefficient (Wildman–Crippen LogP) is 4.68. The van der Waals surface area contributed by atoms with E-state index in [0.29, 0.717) is 48.4 Å². The average Bonchev–Trinajstić information content (AvgIpc) is 3.56. The van der Waals surface area contributed by atoms with E-state index in [2.05, 4.69) is 14.9 Å². The van der Waals surface area contributed by atoms with Crippen LogP contribution in [0.4, 0.5) is 20.2 Å². The second-order valence-corrected chi connectivity index (χ2v) is 11.2. The first-order valence-corrected chi connectivity index (χ1v) is 14.8. The number of anilines is 2. The molecule has 228 valence electrons. The molecule has 0 unspecified atom stereocenters. The van der Waals surface area contributed by atoms with Crippen LogP contribution in [-0.2, 0) is 6.54 Å². The molecule has 45 heavy (non-hydrogen) atoms. The zero-order valence-electron chi connectivity index (χ0n) is 23.7. The summed E-state index contributed by atoms with van der Waals surface area (Å²) < 4.78 is 31.6. The van der Waals surface area contributed by atoms with Gasteiger partial charge in [-0.25, -0.2) is 14.2 Å². The van der Waals surface area contributed by atoms with Crippen molar-refractivity contribution in [3.8, 4) is 0 Å². The molecule has 0 aliphatic carbocycles. The van der Waals surface area contributed by atoms with Gasteiger partial charge in [-0.05, 0) is 36.4 Å². The Kier molecular flexibility index (Phi) is 8.34. The SMILES string of the molecule is O=C(O)c1cn(Cc2nccs2)c2ccccc2c1=O.[O-][n+]1cccc2cc(F)c(N3CCN(c4ccncc4)CC3)c(F)c21. The quantitative estimate of drug-likeness (QED) is 0.216. The van der Waals surface area contributed by atoms with Gasteiger partial charge in [-0.15, -0.1) is 11.3 Å². The Bertz CT molecular complexity index is 2050. The van der Waals surface area contributed by atoms with E-state index in [1.54, 1.807) is 46.3 Å². The Morgan fingerprint density at radius 3 is 2.44 bits per heavy atom. The highest BCUT2D eigenvalue weighted by molar-refractivity contribution is 7.09. The zero-order chi connectivity index (χ0) is 31.5. The van der Waals surface area contributed by atoms with Crippen LogP contribution in [0.2, 0.25) is 0 Å². The topological polar surface area (TPSA) is 118 Å². The molecule has 7 rings (SSSR count). The van der Waals surface area contributed by atoms with Gasteiger partial charge in [0.2, 0.25) is 11.2 Å². The molecule has 2 aromatic carbocycles. The van der Waals surface area contributed by atoms with Crippen LogP contribution in [0, 0.1) is 16.8 Å². The molecule has 4 aromatic heterocycles. The number of pyridine rings is 3. The van der Waals surface area contributed by atoms with Gasteiger partial charge < -0.3 is 24.7 Å². The minimum Gasteiger partial charge on any atom is -0.618 e. The van der Waals surface area contributed by atoms with E-state index in [1.165, 1.54) is 41.9 Å². The van der Waals surface area contributed by atoms with Crippen molar-refractivity contribution in [3.63, 3.8) is 0 Å². The minimum atomic E-state index is -1.21. The number of piperazine rings is 1. The molecule has 1 aliphatic rings. The van der Waals surface area contributed by atoms with Crippen molar-refractivity contribution >= 4 is 50.5 Å². The highest BCUT2D eigenvalue weighted by Gasteiger charge is 2.27. The summed E-state index contributed by atoms with van der Waals surface area (Å²) in [5.41, 5.74) is 0.807. The minimum absolute atomic E-state index is 0.127. The molecule has 0 atom stereocenters. The van der Waals surface area contributed by atoms with E-state index in [-0.39, 0.29) is 22.2 Å². The molecule has 13 heteroatoms. The number of carboxylic acids is 1. The van der Waals surface area contributed by atoms with Crippen LogP contribution in [0.25, 0.3) is 21.8 Å². The van der Waals surface area contributed by atoms with Gasteiger partial charge in [0.15, 0.2) is 12.0 Å². The Labute approximate surface area is 259 Å². The first kappa shape index (κ1) is 29.6. The van der Waals surface area contributed by atoms with Crippen LogP contribution in [-0.4, -0.2) is 51.8 Å². The van der Waals surface area contributed by atoms with E-state index in [4.69, 9.17) is 5.11 Å². The summed E-state index contributed by atoms with van der Waals surface area (Å²) in [4.78, 5) is 35.3. The fraction of sp³-hybridized carbons (Fsp3) is 0.156. The maximum atomic E-state index is 14.9. The number of hydrogen-bond donors (Lipinski definition) is 1. The van der Waals surface area contributed by atoms with Crippen LogP contribution in [0.5, 0.6) is 0 Å². The summed E-state index contributed by atoms with van der Waals surface area (Å²) in [6.07, 6.45) is 7.74. The Morgan fingerprint density at radius 1 is 1.00 bits per heavy atom. The second-order valence-electron chi connectivity index (χ2n) is 10.2. The number of benzene rings is 2. The lowest BCUT2D eigenvalue weighted by atomic mass is 10.1. The van der Waals surface area contributed by atoms with Crippen molar-refractivity contribution in [2.75, 3.05) is 36.0 Å². The van der Waals surface area contributed by atoms with Crippen LogP contribution in [0.3, 0.4) is 0 Å². The monoisotopic (exact) mass is 628 g/mol. The summed E-state index contributed by atoms with van der Waals surface area (Å²) in [7, 11) is 0. The molecule has 1 saturated heterocycles. The molecule has 0 amide bonds. The van der Waals surface area contributed by atoms with Crippen LogP contribution >= 0.6 is 11.3 Å². The first-order valence-electron chi connectivity index (χ1n) is 14.0. The molecule has 0 radical (unpaired) electrons. The lowest BCUT2D eigenvalue weighted by Crippen LogP contribution is -2.47. The molecule has 5 heterocycles. The Morgan fingerprint density at radius 2 is 1.73 bits per heavy atom. The van der Waals surface area contributed by atoms with Crippen molar-refractivity contribution in [3.05, 3.63) is 129 Å². The summed E-state index contributed by atoms with van der Waals surface area (Å²) in [5, 5.41) is 24.4. The maximum absolute atomic E-state index is 14.9. The molecule has 6 aromatic rings. The van der Waals surface area contributed by atoms with Gasteiger partial charge in [-0.3, -0.25) is 9.78 Å². The van der Waals surface area contributed by atoms with Gasteiger partial charge in [-0.1, -0.05) is 12.1 Å². The highest BCUT2D eigenvalue weighted by atomic mass is 32.1. The van der Waals surface area contributed by atoms with Crippen molar-refractivity contribution in [2.24, 2.45) is 0 Å². The van der Waals surface area contributed by atoms with Crippen molar-refractivity contribution in [1.29, 1.82) is 0 Å². The van der Waals surface area contributed by atoms with Gasteiger partial charge in [0.05, 0.1) is 17.4 Å². The van der Waals surface area contributed by atoms with Crippen LogP contribution in [0.15, 0.2) is 95.8 Å². The van der Waals surface area contributed by atoms with Gasteiger partial charge in [0.25, 0.3) is 5.52 Å². The fourth-order valence-corrected chi connectivity index (χ4v) is 6.02. The predicted molar refractivity (Wildman–Crippen MR) is 168 cm³/mol. The normalized spacial score (nSPS) is 13.1. The number of aromatic nitrogens is 4. The molecule has 1 aliphatic heterocycles. The number of carbonyl (C=O) groups is 1. The number of fused-ring (bicyclic) bond motifs is 2. The van der Waals surface area contributed by atoms with E-state index in [1.807, 2.05) is 23.6 Å². The van der Waals surface area contributed by atoms with Gasteiger partial charge in [0.1, 0.15) is 16.3 Å². The van der Waals surface area contributed by atoms with Gasteiger partial charge in [0, 0.05) is 73.5 Å². The number of aromatic carboxylic acids is 1. The fourth-order valence-electron chi connectivity index (χ4n) is 5.41. The zero-order valence-corrected chi connectivity index (χ0v) is 24.5. The van der Waals surface area contributed by atoms with Crippen molar-refractivity contribution in [2.45, 2.75) is 6.54 Å². The molecule has 0 bridgehead atoms. The van der Waals surface area contributed by atoms with E-state index in [0.717, 1.165) is 10.7 Å². The van der Waals surface area contributed by atoms with E-state index >= 15 is 0 Å². The largest absolute Gasteiger partial charge is 0.618 e. The number of halogens is 2. The smallest absolute Gasteiger partial charge is 0.341 e. The average molecular weight is 629 g/mol. The van der Waals surface area contributed by atoms with E-state index < -0.39 is 23.0 Å². The number of nitrogens with zero attached hydrogens (tertiary/aromatic N) is 6. The number of para-hydroxylation sites is 1. The second kappa shape index (κ2) is 12.7. The first-order chi connectivity index (χ1) is 21.8. The Balaban J connectivity index is 0.000000163. The van der Waals surface area contributed by atoms with Gasteiger partial charge in [-0.2, -0.15) is 9.12 Å². The van der Waals surface area contributed by atoms with Crippen LogP contribution in [0.1, 0.15) is 15.4 Å². The molecular formula is C32H26F2N6O4S. The van der Waals surface area contributed by atoms with Crippen molar-refractivity contribution in [1.82, 2.24) is 14.5 Å². The summed E-state index contributed by atoms with van der Waals surface area (Å²) in [6, 6.07) is 15.0. The van der Waals surface area contributed by atoms with Crippen LogP contribution < -0.4 is 20.0 Å². The molecule has 1 fully saturated rings. The highest BCUT2D eigenvalue weighted by Crippen LogP contribution is 2.30. The molecular weight excluding hydrogens is 602 g/mol. The third kappa shape index (κ3) is 6.02.